The summed E-state index contributed by atoms with van der Waals surface area (Å²) in [5.41, 5.74) is 0. The van der Waals surface area contributed by atoms with Crippen molar-refractivity contribution in [3.8, 4) is 0 Å². The second kappa shape index (κ2) is 5.69. The van der Waals surface area contributed by atoms with Gasteiger partial charge in [-0.3, -0.25) is 9.59 Å². The maximum absolute atomic E-state index is 11.3. The largest absolute Gasteiger partial charge is 0.459 e. The molecule has 0 spiro atoms. The van der Waals surface area contributed by atoms with E-state index < -0.39 is 17.8 Å². The Kier molecular flexibility index (Phi) is 4.26. The summed E-state index contributed by atoms with van der Waals surface area (Å²) >= 11 is 0. The van der Waals surface area contributed by atoms with Crippen molar-refractivity contribution < 1.29 is 23.5 Å². The average molecular weight is 225 g/mol. The van der Waals surface area contributed by atoms with E-state index in [1.165, 1.54) is 12.3 Å². The minimum atomic E-state index is -0.799. The van der Waals surface area contributed by atoms with E-state index in [0.29, 0.717) is 0 Å². The Labute approximate surface area is 91.6 Å². The zero-order valence-electron chi connectivity index (χ0n) is 8.69. The van der Waals surface area contributed by atoms with E-state index in [9.17, 15) is 14.4 Å². The first-order chi connectivity index (χ1) is 7.63. The second-order valence-electron chi connectivity index (χ2n) is 2.86. The van der Waals surface area contributed by atoms with E-state index in [0.717, 1.165) is 0 Å². The van der Waals surface area contributed by atoms with Gasteiger partial charge in [0.2, 0.25) is 0 Å². The van der Waals surface area contributed by atoms with E-state index >= 15 is 0 Å². The van der Waals surface area contributed by atoms with Crippen molar-refractivity contribution in [1.82, 2.24) is 5.32 Å². The van der Waals surface area contributed by atoms with Crippen LogP contribution in [0, 0.1) is 0 Å². The lowest BCUT2D eigenvalue weighted by Crippen LogP contribution is -2.31. The predicted molar refractivity (Wildman–Crippen MR) is 52.4 cm³/mol. The summed E-state index contributed by atoms with van der Waals surface area (Å²) in [5, 5.41) is 2.25. The zero-order chi connectivity index (χ0) is 12.0. The first kappa shape index (κ1) is 12.0. The number of furan rings is 1. The average Bonchev–Trinajstić information content (AvgIpc) is 2.79. The fourth-order valence-electron chi connectivity index (χ4n) is 0.883. The number of rotatable bonds is 4. The quantitative estimate of drug-likeness (QED) is 0.595. The third kappa shape index (κ3) is 3.56. The normalized spacial score (nSPS) is 9.56. The fraction of sp³-hybridized carbons (Fsp3) is 0.300. The first-order valence-electron chi connectivity index (χ1n) is 4.68. The Morgan fingerprint density at radius 2 is 2.12 bits per heavy atom. The van der Waals surface area contributed by atoms with E-state index in [1.807, 2.05) is 0 Å². The highest BCUT2D eigenvalue weighted by atomic mass is 16.6. The molecule has 0 aromatic carbocycles. The predicted octanol–water partition coefficient (Wildman–Crippen LogP) is 0.489. The van der Waals surface area contributed by atoms with Crippen LogP contribution in [0.15, 0.2) is 22.8 Å². The summed E-state index contributed by atoms with van der Waals surface area (Å²) in [6, 6.07) is 3.01. The third-order valence-electron chi connectivity index (χ3n) is 1.65. The summed E-state index contributed by atoms with van der Waals surface area (Å²) in [6.45, 7) is 1.20. The zero-order valence-corrected chi connectivity index (χ0v) is 8.69. The van der Waals surface area contributed by atoms with Gasteiger partial charge in [0, 0.05) is 6.42 Å². The minimum Gasteiger partial charge on any atom is -0.459 e. The molecule has 1 amide bonds. The van der Waals surface area contributed by atoms with Gasteiger partial charge in [0.15, 0.2) is 5.76 Å². The Bertz CT molecular complexity index is 382. The van der Waals surface area contributed by atoms with Crippen molar-refractivity contribution in [2.75, 3.05) is 6.54 Å². The Morgan fingerprint density at radius 3 is 2.69 bits per heavy atom. The summed E-state index contributed by atoms with van der Waals surface area (Å²) in [4.78, 5) is 33.0. The minimum absolute atomic E-state index is 0.0922. The molecule has 0 unspecified atom stereocenters. The monoisotopic (exact) mass is 225 g/mol. The summed E-state index contributed by atoms with van der Waals surface area (Å²) < 4.78 is 9.14. The molecule has 6 heteroatoms. The molecule has 0 bridgehead atoms. The van der Waals surface area contributed by atoms with Gasteiger partial charge >= 0.3 is 11.9 Å². The standard InChI is InChI=1S/C10H11NO5/c1-2-8(12)16-9(13)6-11-10(14)7-4-3-5-15-7/h3-5H,2,6H2,1H3,(H,11,14). The summed E-state index contributed by atoms with van der Waals surface area (Å²) in [7, 11) is 0. The molecule has 1 N–H and O–H groups in total. The SMILES string of the molecule is CCC(=O)OC(=O)CNC(=O)c1ccco1. The van der Waals surface area contributed by atoms with Crippen molar-refractivity contribution in [2.45, 2.75) is 13.3 Å². The van der Waals surface area contributed by atoms with Crippen LogP contribution in [-0.2, 0) is 14.3 Å². The highest BCUT2D eigenvalue weighted by Crippen LogP contribution is 1.98. The van der Waals surface area contributed by atoms with Gasteiger partial charge in [0.05, 0.1) is 6.26 Å². The second-order valence-corrected chi connectivity index (χ2v) is 2.86. The van der Waals surface area contributed by atoms with Gasteiger partial charge in [-0.25, -0.2) is 4.79 Å². The molecule has 0 aliphatic heterocycles. The van der Waals surface area contributed by atoms with Gasteiger partial charge in [-0.15, -0.1) is 0 Å². The lowest BCUT2D eigenvalue weighted by Gasteiger charge is -2.02. The Morgan fingerprint density at radius 1 is 1.38 bits per heavy atom. The van der Waals surface area contributed by atoms with Crippen LogP contribution in [0.1, 0.15) is 23.9 Å². The Balaban J connectivity index is 2.32. The van der Waals surface area contributed by atoms with E-state index in [2.05, 4.69) is 10.1 Å². The fourth-order valence-corrected chi connectivity index (χ4v) is 0.883. The topological polar surface area (TPSA) is 85.6 Å². The molecule has 1 aromatic heterocycles. The number of esters is 2. The van der Waals surface area contributed by atoms with Crippen LogP contribution in [0.25, 0.3) is 0 Å². The van der Waals surface area contributed by atoms with E-state index in [-0.39, 0.29) is 18.7 Å². The first-order valence-corrected chi connectivity index (χ1v) is 4.68. The van der Waals surface area contributed by atoms with Crippen LogP contribution in [0.2, 0.25) is 0 Å². The van der Waals surface area contributed by atoms with Crippen LogP contribution in [0.5, 0.6) is 0 Å². The third-order valence-corrected chi connectivity index (χ3v) is 1.65. The van der Waals surface area contributed by atoms with Crippen LogP contribution in [0.4, 0.5) is 0 Å². The molecule has 1 heterocycles. The number of hydrogen-bond acceptors (Lipinski definition) is 5. The maximum atomic E-state index is 11.3. The molecular weight excluding hydrogens is 214 g/mol. The van der Waals surface area contributed by atoms with Gasteiger partial charge in [-0.1, -0.05) is 6.92 Å². The summed E-state index contributed by atoms with van der Waals surface area (Å²) in [6.07, 6.45) is 1.45. The van der Waals surface area contributed by atoms with Crippen molar-refractivity contribution in [3.63, 3.8) is 0 Å². The molecule has 0 fully saturated rings. The number of carbonyl (C=O) groups is 3. The molecule has 0 radical (unpaired) electrons. The summed E-state index contributed by atoms with van der Waals surface area (Å²) in [5.74, 6) is -1.87. The van der Waals surface area contributed by atoms with E-state index in [1.54, 1.807) is 13.0 Å². The molecule has 16 heavy (non-hydrogen) atoms. The molecule has 1 rings (SSSR count). The molecule has 0 aliphatic carbocycles. The number of ether oxygens (including phenoxy) is 1. The molecule has 6 nitrogen and oxygen atoms in total. The lowest BCUT2D eigenvalue weighted by atomic mass is 10.4. The number of amides is 1. The molecule has 0 atom stereocenters. The molecular formula is C10H11NO5. The molecule has 0 saturated heterocycles. The van der Waals surface area contributed by atoms with Crippen LogP contribution < -0.4 is 5.32 Å². The van der Waals surface area contributed by atoms with Gasteiger partial charge in [-0.2, -0.15) is 0 Å². The highest BCUT2D eigenvalue weighted by Gasteiger charge is 2.12. The van der Waals surface area contributed by atoms with Gasteiger partial charge in [0.1, 0.15) is 6.54 Å². The number of nitrogens with one attached hydrogen (secondary N) is 1. The van der Waals surface area contributed by atoms with Crippen molar-refractivity contribution in [3.05, 3.63) is 24.2 Å². The van der Waals surface area contributed by atoms with Crippen molar-refractivity contribution in [2.24, 2.45) is 0 Å². The number of hydrogen-bond donors (Lipinski definition) is 1. The van der Waals surface area contributed by atoms with Crippen LogP contribution in [-0.4, -0.2) is 24.4 Å². The molecule has 0 aliphatic rings. The molecule has 1 aromatic rings. The molecule has 86 valence electrons. The Hall–Kier alpha value is -2.11. The van der Waals surface area contributed by atoms with Crippen LogP contribution >= 0.6 is 0 Å². The van der Waals surface area contributed by atoms with E-state index in [4.69, 9.17) is 4.42 Å². The number of carbonyl (C=O) groups excluding carboxylic acids is 3. The van der Waals surface area contributed by atoms with Crippen molar-refractivity contribution >= 4 is 17.8 Å². The van der Waals surface area contributed by atoms with Gasteiger partial charge in [0.25, 0.3) is 5.91 Å². The van der Waals surface area contributed by atoms with Crippen molar-refractivity contribution in [1.29, 1.82) is 0 Å². The van der Waals surface area contributed by atoms with Gasteiger partial charge in [-0.05, 0) is 12.1 Å². The highest BCUT2D eigenvalue weighted by molar-refractivity contribution is 5.94. The maximum Gasteiger partial charge on any atom is 0.333 e. The lowest BCUT2D eigenvalue weighted by molar-refractivity contribution is -0.158. The van der Waals surface area contributed by atoms with Gasteiger partial charge < -0.3 is 14.5 Å². The van der Waals surface area contributed by atoms with Crippen LogP contribution in [0.3, 0.4) is 0 Å². The smallest absolute Gasteiger partial charge is 0.333 e. The molecule has 0 saturated carbocycles.